The molecule has 3 nitrogen and oxygen atoms in total. The summed E-state index contributed by atoms with van der Waals surface area (Å²) in [5.41, 5.74) is 9.12. The van der Waals surface area contributed by atoms with Crippen LogP contribution in [0.5, 0.6) is 5.75 Å². The fourth-order valence-corrected chi connectivity index (χ4v) is 5.21. The molecule has 190 valence electrons. The Bertz CT molecular complexity index is 1610. The van der Waals surface area contributed by atoms with Crippen LogP contribution < -0.4 is 0 Å². The van der Waals surface area contributed by atoms with Crippen molar-refractivity contribution in [1.82, 2.24) is 4.98 Å². The molecule has 1 aromatic heterocycles. The summed E-state index contributed by atoms with van der Waals surface area (Å²) in [7, 11) is 0. The molecular weight excluding hydrogens is 464 g/mol. The first-order valence-corrected chi connectivity index (χ1v) is 13.3. The van der Waals surface area contributed by atoms with Crippen molar-refractivity contribution in [2.75, 3.05) is 0 Å². The Labute approximate surface area is 225 Å². The van der Waals surface area contributed by atoms with E-state index < -0.39 is 0 Å². The predicted octanol–water partition coefficient (Wildman–Crippen LogP) is 9.58. The van der Waals surface area contributed by atoms with E-state index in [4.69, 9.17) is 9.98 Å². The molecule has 1 heterocycles. The second kappa shape index (κ2) is 10.6. The molecule has 38 heavy (non-hydrogen) atoms. The molecule has 0 radical (unpaired) electrons. The van der Waals surface area contributed by atoms with E-state index in [1.807, 2.05) is 42.5 Å². The van der Waals surface area contributed by atoms with E-state index in [2.05, 4.69) is 83.1 Å². The van der Waals surface area contributed by atoms with E-state index in [-0.39, 0.29) is 5.75 Å². The maximum Gasteiger partial charge on any atom is 0.125 e. The van der Waals surface area contributed by atoms with E-state index in [0.717, 1.165) is 22.3 Å². The Morgan fingerprint density at radius 1 is 0.763 bits per heavy atom. The van der Waals surface area contributed by atoms with Gasteiger partial charge in [0.15, 0.2) is 0 Å². The number of nitrogens with zero attached hydrogens (tertiary/aromatic N) is 2. The molecule has 0 unspecified atom stereocenters. The van der Waals surface area contributed by atoms with Crippen LogP contribution in [0.25, 0.3) is 33.2 Å². The number of fused-ring (bicyclic) bond motifs is 1. The summed E-state index contributed by atoms with van der Waals surface area (Å²) in [4.78, 5) is 9.58. The van der Waals surface area contributed by atoms with E-state index >= 15 is 0 Å². The number of benzene rings is 4. The highest BCUT2D eigenvalue weighted by molar-refractivity contribution is 5.97. The van der Waals surface area contributed by atoms with Gasteiger partial charge in [-0.3, -0.25) is 4.99 Å². The van der Waals surface area contributed by atoms with Crippen molar-refractivity contribution in [2.24, 2.45) is 4.99 Å². The number of phenols is 1. The largest absolute Gasteiger partial charge is 0.507 e. The van der Waals surface area contributed by atoms with E-state index in [1.165, 1.54) is 27.6 Å². The molecule has 0 atom stereocenters. The first-order chi connectivity index (χ1) is 18.3. The highest BCUT2D eigenvalue weighted by Crippen LogP contribution is 2.39. The Hall–Kier alpha value is -4.24. The zero-order valence-electron chi connectivity index (χ0n) is 22.7. The number of aromatic hydroxyl groups is 1. The fraction of sp³-hybridized carbons (Fsp3) is 0.200. The van der Waals surface area contributed by atoms with Gasteiger partial charge in [-0.25, -0.2) is 4.98 Å². The van der Waals surface area contributed by atoms with Crippen LogP contribution in [-0.2, 0) is 0 Å². The molecule has 0 saturated heterocycles. The number of hydrogen-bond donors (Lipinski definition) is 1. The Balaban J connectivity index is 1.50. The molecule has 0 aliphatic carbocycles. The number of aliphatic imine (C=N–C) groups is 1. The normalized spacial score (nSPS) is 11.8. The molecule has 0 amide bonds. The molecule has 1 N–H and O–H groups in total. The molecule has 0 aliphatic rings. The van der Waals surface area contributed by atoms with Crippen molar-refractivity contribution in [2.45, 2.75) is 46.5 Å². The second-order valence-corrected chi connectivity index (χ2v) is 10.5. The fourth-order valence-electron chi connectivity index (χ4n) is 5.21. The number of aromatic nitrogens is 1. The maximum absolute atomic E-state index is 11.1. The molecule has 0 saturated carbocycles. The average molecular weight is 499 g/mol. The van der Waals surface area contributed by atoms with Gasteiger partial charge in [0.1, 0.15) is 5.75 Å². The van der Waals surface area contributed by atoms with Crippen molar-refractivity contribution >= 4 is 22.7 Å². The Kier molecular flexibility index (Phi) is 7.11. The SMILES string of the molecule is Cc1cccc2cccc(N=Cc3cccc(-c4ccc(-c5c(C(C)C)cccc5C(C)C)cc4O)n3)c12. The Morgan fingerprint density at radius 2 is 1.42 bits per heavy atom. The van der Waals surface area contributed by atoms with Crippen molar-refractivity contribution in [1.29, 1.82) is 0 Å². The molecule has 0 bridgehead atoms. The second-order valence-electron chi connectivity index (χ2n) is 10.5. The third-order valence-electron chi connectivity index (χ3n) is 7.13. The number of phenolic OH excluding ortho intramolecular Hbond substituents is 1. The third-order valence-corrected chi connectivity index (χ3v) is 7.13. The minimum Gasteiger partial charge on any atom is -0.507 e. The van der Waals surface area contributed by atoms with Gasteiger partial charge in [-0.2, -0.15) is 0 Å². The van der Waals surface area contributed by atoms with Gasteiger partial charge in [-0.1, -0.05) is 88.4 Å². The molecule has 4 aromatic carbocycles. The number of aryl methyl sites for hydroxylation is 1. The maximum atomic E-state index is 11.1. The van der Waals surface area contributed by atoms with Crippen LogP contribution in [0.3, 0.4) is 0 Å². The summed E-state index contributed by atoms with van der Waals surface area (Å²) in [6.45, 7) is 11.0. The van der Waals surface area contributed by atoms with Crippen LogP contribution in [0.1, 0.15) is 61.9 Å². The number of rotatable bonds is 6. The van der Waals surface area contributed by atoms with Gasteiger partial charge >= 0.3 is 0 Å². The molecule has 5 rings (SSSR count). The van der Waals surface area contributed by atoms with Gasteiger partial charge in [-0.15, -0.1) is 0 Å². The van der Waals surface area contributed by atoms with Crippen LogP contribution in [0.2, 0.25) is 0 Å². The zero-order chi connectivity index (χ0) is 26.8. The molecule has 3 heteroatoms. The average Bonchev–Trinajstić information content (AvgIpc) is 2.91. The highest BCUT2D eigenvalue weighted by atomic mass is 16.3. The topological polar surface area (TPSA) is 45.5 Å². The van der Waals surface area contributed by atoms with E-state index in [9.17, 15) is 5.11 Å². The first kappa shape index (κ1) is 25.4. The van der Waals surface area contributed by atoms with Crippen molar-refractivity contribution < 1.29 is 5.11 Å². The minimum atomic E-state index is 0.224. The summed E-state index contributed by atoms with van der Waals surface area (Å²) in [5, 5.41) is 13.5. The van der Waals surface area contributed by atoms with Gasteiger partial charge in [-0.05, 0) is 82.3 Å². The summed E-state index contributed by atoms with van der Waals surface area (Å²) in [6.07, 6.45) is 1.80. The Morgan fingerprint density at radius 3 is 2.11 bits per heavy atom. The molecule has 5 aromatic rings. The van der Waals surface area contributed by atoms with Crippen LogP contribution >= 0.6 is 0 Å². The molecule has 0 fully saturated rings. The van der Waals surface area contributed by atoms with Crippen molar-refractivity contribution in [3.05, 3.63) is 113 Å². The van der Waals surface area contributed by atoms with Gasteiger partial charge in [0.05, 0.1) is 23.3 Å². The lowest BCUT2D eigenvalue weighted by molar-refractivity contribution is 0.477. The van der Waals surface area contributed by atoms with Crippen LogP contribution in [0.4, 0.5) is 5.69 Å². The summed E-state index contributed by atoms with van der Waals surface area (Å²) in [5.74, 6) is 0.990. The van der Waals surface area contributed by atoms with Crippen LogP contribution in [0, 0.1) is 6.92 Å². The van der Waals surface area contributed by atoms with Gasteiger partial charge in [0, 0.05) is 10.9 Å². The monoisotopic (exact) mass is 498 g/mol. The van der Waals surface area contributed by atoms with Crippen LogP contribution in [-0.4, -0.2) is 16.3 Å². The lowest BCUT2D eigenvalue weighted by atomic mass is 9.84. The molecular formula is C35H34N2O. The van der Waals surface area contributed by atoms with Gasteiger partial charge in [0.25, 0.3) is 0 Å². The summed E-state index contributed by atoms with van der Waals surface area (Å²) in [6, 6.07) is 30.7. The van der Waals surface area contributed by atoms with Crippen molar-refractivity contribution in [3.8, 4) is 28.1 Å². The zero-order valence-corrected chi connectivity index (χ0v) is 22.7. The van der Waals surface area contributed by atoms with Gasteiger partial charge < -0.3 is 5.11 Å². The smallest absolute Gasteiger partial charge is 0.125 e. The minimum absolute atomic E-state index is 0.224. The van der Waals surface area contributed by atoms with E-state index in [0.29, 0.717) is 23.1 Å². The quantitative estimate of drug-likeness (QED) is 0.237. The first-order valence-electron chi connectivity index (χ1n) is 13.3. The summed E-state index contributed by atoms with van der Waals surface area (Å²) >= 11 is 0. The number of hydrogen-bond acceptors (Lipinski definition) is 3. The lowest BCUT2D eigenvalue weighted by Crippen LogP contribution is -2.00. The third kappa shape index (κ3) is 4.97. The predicted molar refractivity (Wildman–Crippen MR) is 161 cm³/mol. The highest BCUT2D eigenvalue weighted by Gasteiger charge is 2.17. The summed E-state index contributed by atoms with van der Waals surface area (Å²) < 4.78 is 0. The van der Waals surface area contributed by atoms with E-state index in [1.54, 1.807) is 6.21 Å². The molecule has 0 spiro atoms. The molecule has 0 aliphatic heterocycles. The van der Waals surface area contributed by atoms with Crippen molar-refractivity contribution in [3.63, 3.8) is 0 Å². The standard InChI is InChI=1S/C35H34N2O/c1-22(2)28-14-9-15-29(23(3)4)35(28)26-18-19-30(33(38)20-26)31-16-8-13-27(37-31)21-36-32-17-7-12-25-11-6-10-24(5)34(25)32/h6-23,38H,1-5H3. The lowest BCUT2D eigenvalue weighted by Gasteiger charge is -2.20. The van der Waals surface area contributed by atoms with Gasteiger partial charge in [0.2, 0.25) is 0 Å². The number of pyridine rings is 1. The van der Waals surface area contributed by atoms with Crippen LogP contribution in [0.15, 0.2) is 96.0 Å².